The molecule has 1 unspecified atom stereocenters. The minimum atomic E-state index is -3.72. The number of nitrogens with one attached hydrogen (secondary N) is 2. The van der Waals surface area contributed by atoms with Crippen LogP contribution < -0.4 is 9.44 Å². The van der Waals surface area contributed by atoms with Crippen LogP contribution in [0.3, 0.4) is 0 Å². The first-order valence-corrected chi connectivity index (χ1v) is 8.18. The Balaban J connectivity index is 1.98. The Kier molecular flexibility index (Phi) is 4.96. The van der Waals surface area contributed by atoms with Gasteiger partial charge >= 0.3 is 0 Å². The third-order valence-electron chi connectivity index (χ3n) is 2.50. The molecule has 19 heavy (non-hydrogen) atoms. The van der Waals surface area contributed by atoms with E-state index in [2.05, 4.69) is 35.3 Å². The fourth-order valence-corrected chi connectivity index (χ4v) is 3.05. The lowest BCUT2D eigenvalue weighted by atomic mass is 10.2. The highest BCUT2D eigenvalue weighted by Gasteiger charge is 2.20. The van der Waals surface area contributed by atoms with E-state index >= 15 is 0 Å². The molecule has 1 aromatic heterocycles. The zero-order valence-corrected chi connectivity index (χ0v) is 12.9. The van der Waals surface area contributed by atoms with Crippen LogP contribution in [-0.4, -0.2) is 37.6 Å². The summed E-state index contributed by atoms with van der Waals surface area (Å²) in [5.74, 6) is 0.0832. The van der Waals surface area contributed by atoms with E-state index in [9.17, 15) is 8.42 Å². The van der Waals surface area contributed by atoms with Crippen molar-refractivity contribution in [1.82, 2.24) is 14.7 Å². The fraction of sp³-hybridized carbons (Fsp3) is 0.556. The van der Waals surface area contributed by atoms with Gasteiger partial charge in [0, 0.05) is 13.2 Å². The highest BCUT2D eigenvalue weighted by Crippen LogP contribution is 2.26. The molecule has 10 heteroatoms. The minimum absolute atomic E-state index is 0.0750. The molecule has 0 spiro atoms. The molecular formula is C9H12BrClN4O3S. The van der Waals surface area contributed by atoms with Crippen LogP contribution in [-0.2, 0) is 14.9 Å². The van der Waals surface area contributed by atoms with E-state index < -0.39 is 10.2 Å². The average Bonchev–Trinajstić information content (AvgIpc) is 2.86. The number of aromatic nitrogens is 2. The number of halogens is 2. The van der Waals surface area contributed by atoms with Gasteiger partial charge in [0.2, 0.25) is 0 Å². The molecule has 0 saturated carbocycles. The predicted octanol–water partition coefficient (Wildman–Crippen LogP) is 1.32. The van der Waals surface area contributed by atoms with E-state index in [4.69, 9.17) is 16.3 Å². The van der Waals surface area contributed by atoms with Gasteiger partial charge in [-0.05, 0) is 28.8 Å². The number of ether oxygens (including phenoxy) is 1. The Hall–Kier alpha value is -0.480. The maximum Gasteiger partial charge on any atom is 0.300 e. The summed E-state index contributed by atoms with van der Waals surface area (Å²) in [6.45, 7) is 0.901. The second kappa shape index (κ2) is 6.31. The van der Waals surface area contributed by atoms with Crippen LogP contribution in [0.2, 0.25) is 5.15 Å². The van der Waals surface area contributed by atoms with Crippen molar-refractivity contribution in [3.8, 4) is 0 Å². The van der Waals surface area contributed by atoms with Crippen molar-refractivity contribution in [3.05, 3.63) is 16.0 Å². The van der Waals surface area contributed by atoms with Crippen LogP contribution >= 0.6 is 27.5 Å². The molecule has 1 aliphatic rings. The monoisotopic (exact) mass is 370 g/mol. The molecule has 1 fully saturated rings. The average molecular weight is 372 g/mol. The highest BCUT2D eigenvalue weighted by molar-refractivity contribution is 9.10. The molecule has 0 aromatic carbocycles. The van der Waals surface area contributed by atoms with Crippen molar-refractivity contribution in [2.75, 3.05) is 17.9 Å². The van der Waals surface area contributed by atoms with Gasteiger partial charge in [0.25, 0.3) is 10.2 Å². The first-order valence-electron chi connectivity index (χ1n) is 5.53. The Labute approximate surface area is 124 Å². The van der Waals surface area contributed by atoms with Crippen molar-refractivity contribution < 1.29 is 13.2 Å². The summed E-state index contributed by atoms with van der Waals surface area (Å²) < 4.78 is 33.9. The van der Waals surface area contributed by atoms with Crippen molar-refractivity contribution >= 4 is 43.6 Å². The van der Waals surface area contributed by atoms with Crippen LogP contribution in [0, 0.1) is 0 Å². The number of anilines is 1. The first-order chi connectivity index (χ1) is 8.98. The Morgan fingerprint density at radius 1 is 1.53 bits per heavy atom. The summed E-state index contributed by atoms with van der Waals surface area (Å²) in [6, 6.07) is 0. The zero-order valence-electron chi connectivity index (χ0n) is 9.77. The van der Waals surface area contributed by atoms with Crippen molar-refractivity contribution in [1.29, 1.82) is 0 Å². The van der Waals surface area contributed by atoms with Crippen LogP contribution in [0.1, 0.15) is 12.8 Å². The van der Waals surface area contributed by atoms with E-state index in [1.165, 1.54) is 6.33 Å². The number of hydrogen-bond donors (Lipinski definition) is 2. The second-order valence-electron chi connectivity index (χ2n) is 3.92. The Bertz CT molecular complexity index is 550. The van der Waals surface area contributed by atoms with Gasteiger partial charge in [-0.15, -0.1) is 0 Å². The maximum atomic E-state index is 11.8. The van der Waals surface area contributed by atoms with Gasteiger partial charge in [0.1, 0.15) is 11.5 Å². The number of rotatable bonds is 5. The summed E-state index contributed by atoms with van der Waals surface area (Å²) in [5.41, 5.74) is 0. The third kappa shape index (κ3) is 4.25. The Morgan fingerprint density at radius 3 is 3.00 bits per heavy atom. The molecule has 2 heterocycles. The molecule has 1 aromatic rings. The van der Waals surface area contributed by atoms with Gasteiger partial charge in [-0.2, -0.15) is 13.1 Å². The number of hydrogen-bond acceptors (Lipinski definition) is 5. The SMILES string of the molecule is O=S(=O)(NCC1CCCO1)Nc1ncnc(Cl)c1Br. The largest absolute Gasteiger partial charge is 0.377 e. The standard InChI is InChI=1S/C9H12BrClN4O3S/c10-7-8(11)12-5-13-9(7)15-19(16,17)14-4-6-2-1-3-18-6/h5-6,14H,1-4H2,(H,12,13,15). The molecular weight excluding hydrogens is 360 g/mol. The van der Waals surface area contributed by atoms with Crippen molar-refractivity contribution in [3.63, 3.8) is 0 Å². The molecule has 0 radical (unpaired) electrons. The zero-order chi connectivity index (χ0) is 13.9. The van der Waals surface area contributed by atoms with Gasteiger partial charge in [-0.1, -0.05) is 11.6 Å². The lowest BCUT2D eigenvalue weighted by Gasteiger charge is -2.13. The van der Waals surface area contributed by atoms with Crippen LogP contribution in [0.5, 0.6) is 0 Å². The number of nitrogens with zero attached hydrogens (tertiary/aromatic N) is 2. The van der Waals surface area contributed by atoms with Crippen molar-refractivity contribution in [2.24, 2.45) is 0 Å². The summed E-state index contributed by atoms with van der Waals surface area (Å²) in [4.78, 5) is 7.51. The molecule has 1 aliphatic heterocycles. The van der Waals surface area contributed by atoms with E-state index in [0.29, 0.717) is 11.1 Å². The fourth-order valence-electron chi connectivity index (χ4n) is 1.59. The quantitative estimate of drug-likeness (QED) is 0.761. The summed E-state index contributed by atoms with van der Waals surface area (Å²) >= 11 is 8.86. The molecule has 1 saturated heterocycles. The molecule has 0 bridgehead atoms. The van der Waals surface area contributed by atoms with Gasteiger partial charge < -0.3 is 4.74 Å². The van der Waals surface area contributed by atoms with Gasteiger partial charge in [-0.25, -0.2) is 9.97 Å². The third-order valence-corrected chi connectivity index (χ3v) is 4.78. The summed E-state index contributed by atoms with van der Waals surface area (Å²) in [6.07, 6.45) is 2.90. The summed E-state index contributed by atoms with van der Waals surface area (Å²) in [5, 5.41) is 0.131. The summed E-state index contributed by atoms with van der Waals surface area (Å²) in [7, 11) is -3.72. The molecule has 2 rings (SSSR count). The molecule has 7 nitrogen and oxygen atoms in total. The van der Waals surface area contributed by atoms with Crippen LogP contribution in [0.25, 0.3) is 0 Å². The van der Waals surface area contributed by atoms with Crippen LogP contribution in [0.15, 0.2) is 10.8 Å². The smallest absolute Gasteiger partial charge is 0.300 e. The lowest BCUT2D eigenvalue weighted by molar-refractivity contribution is 0.114. The predicted molar refractivity (Wildman–Crippen MR) is 74.3 cm³/mol. The second-order valence-corrected chi connectivity index (χ2v) is 6.57. The topological polar surface area (TPSA) is 93.2 Å². The molecule has 1 atom stereocenters. The van der Waals surface area contributed by atoms with E-state index in [0.717, 1.165) is 12.8 Å². The lowest BCUT2D eigenvalue weighted by Crippen LogP contribution is -2.36. The molecule has 2 N–H and O–H groups in total. The van der Waals surface area contributed by atoms with Gasteiger partial charge in [-0.3, -0.25) is 4.72 Å². The van der Waals surface area contributed by atoms with Gasteiger partial charge in [0.05, 0.1) is 10.6 Å². The first kappa shape index (κ1) is 14.9. The normalized spacial score (nSPS) is 19.6. The molecule has 0 aliphatic carbocycles. The van der Waals surface area contributed by atoms with Crippen molar-refractivity contribution in [2.45, 2.75) is 18.9 Å². The van der Waals surface area contributed by atoms with E-state index in [1.807, 2.05) is 0 Å². The minimum Gasteiger partial charge on any atom is -0.377 e. The van der Waals surface area contributed by atoms with Gasteiger partial charge in [0.15, 0.2) is 5.82 Å². The maximum absolute atomic E-state index is 11.8. The molecule has 106 valence electrons. The van der Waals surface area contributed by atoms with E-state index in [-0.39, 0.29) is 23.6 Å². The van der Waals surface area contributed by atoms with E-state index in [1.54, 1.807) is 0 Å². The molecule has 0 amide bonds. The highest BCUT2D eigenvalue weighted by atomic mass is 79.9. The van der Waals surface area contributed by atoms with Crippen LogP contribution in [0.4, 0.5) is 5.82 Å². The Morgan fingerprint density at radius 2 is 2.32 bits per heavy atom.